The van der Waals surface area contributed by atoms with E-state index < -0.39 is 0 Å². The van der Waals surface area contributed by atoms with Crippen LogP contribution in [0.25, 0.3) is 0 Å². The molecule has 0 saturated carbocycles. The number of nitrogens with one attached hydrogen (secondary N) is 1. The molecule has 0 aliphatic carbocycles. The van der Waals surface area contributed by atoms with Gasteiger partial charge in [0.15, 0.2) is 0 Å². The van der Waals surface area contributed by atoms with Crippen LogP contribution >= 0.6 is 11.6 Å². The quantitative estimate of drug-likeness (QED) is 0.898. The Kier molecular flexibility index (Phi) is 5.73. The van der Waals surface area contributed by atoms with Crippen molar-refractivity contribution in [2.75, 3.05) is 31.6 Å². The molecule has 2 amide bonds. The maximum atomic E-state index is 12.9. The molecule has 1 unspecified atom stereocenters. The average Bonchev–Trinajstić information content (AvgIpc) is 2.61. The number of morpholine rings is 1. The number of hydrogen-bond acceptors (Lipinski definition) is 3. The number of nitrogens with zero attached hydrogens (tertiary/aromatic N) is 1. The third-order valence-electron chi connectivity index (χ3n) is 3.75. The second kappa shape index (κ2) is 8.18. The number of urea groups is 1. The molecular weight excluding hydrogens is 347 g/mol. The molecule has 1 saturated heterocycles. The molecule has 132 valence electrons. The van der Waals surface area contributed by atoms with Gasteiger partial charge in [0, 0.05) is 17.3 Å². The first kappa shape index (κ1) is 17.5. The normalized spacial score (nSPS) is 17.2. The highest BCUT2D eigenvalue weighted by Crippen LogP contribution is 2.17. The summed E-state index contributed by atoms with van der Waals surface area (Å²) in [7, 11) is 0. The standard InChI is InChI=1S/C18H18ClFN2O3/c19-13-2-1-3-15(10-13)21-18(23)22-8-9-24-17(11-22)12-25-16-6-4-14(20)5-7-16/h1-7,10,17H,8-9,11-12H2,(H,21,23). The van der Waals surface area contributed by atoms with Gasteiger partial charge in [0.25, 0.3) is 0 Å². The lowest BCUT2D eigenvalue weighted by atomic mass is 10.3. The van der Waals surface area contributed by atoms with Gasteiger partial charge in [-0.3, -0.25) is 0 Å². The zero-order valence-electron chi connectivity index (χ0n) is 13.5. The molecule has 0 bridgehead atoms. The Bertz CT molecular complexity index is 727. The second-order valence-electron chi connectivity index (χ2n) is 5.64. The first-order valence-electron chi connectivity index (χ1n) is 7.91. The molecule has 0 aromatic heterocycles. The predicted molar refractivity (Wildman–Crippen MR) is 93.7 cm³/mol. The van der Waals surface area contributed by atoms with E-state index in [2.05, 4.69) is 5.32 Å². The number of ether oxygens (including phenoxy) is 2. The molecular formula is C18H18ClFN2O3. The first-order chi connectivity index (χ1) is 12.1. The molecule has 25 heavy (non-hydrogen) atoms. The summed E-state index contributed by atoms with van der Waals surface area (Å²) in [6.07, 6.45) is -0.246. The number of carbonyl (C=O) groups excluding carboxylic acids is 1. The predicted octanol–water partition coefficient (Wildman–Crippen LogP) is 3.79. The summed E-state index contributed by atoms with van der Waals surface area (Å²) >= 11 is 5.92. The van der Waals surface area contributed by atoms with Gasteiger partial charge in [0.2, 0.25) is 0 Å². The lowest BCUT2D eigenvalue weighted by molar-refractivity contribution is -0.0337. The van der Waals surface area contributed by atoms with Crippen molar-refractivity contribution in [3.63, 3.8) is 0 Å². The minimum atomic E-state index is -0.315. The number of anilines is 1. The van der Waals surface area contributed by atoms with E-state index in [9.17, 15) is 9.18 Å². The van der Waals surface area contributed by atoms with Gasteiger partial charge in [-0.15, -0.1) is 0 Å². The molecule has 1 atom stereocenters. The van der Waals surface area contributed by atoms with Gasteiger partial charge in [-0.05, 0) is 42.5 Å². The number of halogens is 2. The summed E-state index contributed by atoms with van der Waals surface area (Å²) < 4.78 is 24.1. The minimum absolute atomic E-state index is 0.211. The zero-order valence-corrected chi connectivity index (χ0v) is 14.2. The molecule has 2 aromatic rings. The van der Waals surface area contributed by atoms with Gasteiger partial charge in [-0.1, -0.05) is 17.7 Å². The van der Waals surface area contributed by atoms with E-state index in [0.29, 0.717) is 36.2 Å². The third kappa shape index (κ3) is 5.08. The largest absolute Gasteiger partial charge is 0.491 e. The van der Waals surface area contributed by atoms with E-state index >= 15 is 0 Å². The van der Waals surface area contributed by atoms with Crippen LogP contribution in [0.3, 0.4) is 0 Å². The Balaban J connectivity index is 1.51. The van der Waals surface area contributed by atoms with Crippen molar-refractivity contribution in [1.29, 1.82) is 0 Å². The van der Waals surface area contributed by atoms with Crippen LogP contribution in [0.2, 0.25) is 5.02 Å². The fourth-order valence-electron chi connectivity index (χ4n) is 2.49. The van der Waals surface area contributed by atoms with Crippen LogP contribution in [-0.2, 0) is 4.74 Å². The van der Waals surface area contributed by atoms with Crippen molar-refractivity contribution in [2.45, 2.75) is 6.10 Å². The highest BCUT2D eigenvalue weighted by molar-refractivity contribution is 6.30. The number of benzene rings is 2. The van der Waals surface area contributed by atoms with Crippen LogP contribution in [0.5, 0.6) is 5.75 Å². The van der Waals surface area contributed by atoms with Crippen LogP contribution in [0.1, 0.15) is 0 Å². The minimum Gasteiger partial charge on any atom is -0.491 e. The molecule has 2 aromatic carbocycles. The molecule has 0 spiro atoms. The Hall–Kier alpha value is -2.31. The number of amides is 2. The summed E-state index contributed by atoms with van der Waals surface area (Å²) in [6.45, 7) is 1.63. The van der Waals surface area contributed by atoms with Gasteiger partial charge in [-0.2, -0.15) is 0 Å². The molecule has 1 heterocycles. The third-order valence-corrected chi connectivity index (χ3v) is 3.99. The maximum Gasteiger partial charge on any atom is 0.322 e. The molecule has 1 aliphatic heterocycles. The van der Waals surface area contributed by atoms with E-state index in [-0.39, 0.29) is 24.6 Å². The molecule has 7 heteroatoms. The fourth-order valence-corrected chi connectivity index (χ4v) is 2.68. The number of rotatable bonds is 4. The van der Waals surface area contributed by atoms with Crippen molar-refractivity contribution < 1.29 is 18.7 Å². The molecule has 0 radical (unpaired) electrons. The van der Waals surface area contributed by atoms with Crippen LogP contribution in [0.4, 0.5) is 14.9 Å². The Labute approximate surface area is 150 Å². The molecule has 1 aliphatic rings. The number of carbonyl (C=O) groups is 1. The second-order valence-corrected chi connectivity index (χ2v) is 6.08. The summed E-state index contributed by atoms with van der Waals surface area (Å²) in [4.78, 5) is 14.0. The monoisotopic (exact) mass is 364 g/mol. The average molecular weight is 365 g/mol. The molecule has 3 rings (SSSR count). The summed E-state index contributed by atoms with van der Waals surface area (Å²) in [5, 5.41) is 3.38. The lowest BCUT2D eigenvalue weighted by Gasteiger charge is -2.32. The van der Waals surface area contributed by atoms with Crippen molar-refractivity contribution in [3.8, 4) is 5.75 Å². The number of hydrogen-bond donors (Lipinski definition) is 1. The van der Waals surface area contributed by atoms with Crippen molar-refractivity contribution >= 4 is 23.3 Å². The van der Waals surface area contributed by atoms with E-state index in [1.54, 1.807) is 41.3 Å². The van der Waals surface area contributed by atoms with E-state index in [0.717, 1.165) is 0 Å². The highest BCUT2D eigenvalue weighted by Gasteiger charge is 2.25. The van der Waals surface area contributed by atoms with Crippen molar-refractivity contribution in [2.24, 2.45) is 0 Å². The summed E-state index contributed by atoms with van der Waals surface area (Å²) in [5.74, 6) is 0.246. The molecule has 1 N–H and O–H groups in total. The Morgan fingerprint density at radius 1 is 1.32 bits per heavy atom. The van der Waals surface area contributed by atoms with Gasteiger partial charge in [-0.25, -0.2) is 9.18 Å². The van der Waals surface area contributed by atoms with E-state index in [1.165, 1.54) is 12.1 Å². The van der Waals surface area contributed by atoms with Crippen LogP contribution in [0, 0.1) is 5.82 Å². The SMILES string of the molecule is O=C(Nc1cccc(Cl)c1)N1CCOC(COc2ccc(F)cc2)C1. The highest BCUT2D eigenvalue weighted by atomic mass is 35.5. The van der Waals surface area contributed by atoms with Gasteiger partial charge >= 0.3 is 6.03 Å². The first-order valence-corrected chi connectivity index (χ1v) is 8.29. The van der Waals surface area contributed by atoms with E-state index in [1.807, 2.05) is 0 Å². The molecule has 1 fully saturated rings. The fraction of sp³-hybridized carbons (Fsp3) is 0.278. The lowest BCUT2D eigenvalue weighted by Crippen LogP contribution is -2.49. The summed E-state index contributed by atoms with van der Waals surface area (Å²) in [5.41, 5.74) is 0.642. The van der Waals surface area contributed by atoms with Crippen LogP contribution in [-0.4, -0.2) is 43.3 Å². The summed E-state index contributed by atoms with van der Waals surface area (Å²) in [6, 6.07) is 12.6. The van der Waals surface area contributed by atoms with E-state index in [4.69, 9.17) is 21.1 Å². The van der Waals surface area contributed by atoms with Crippen LogP contribution < -0.4 is 10.1 Å². The molecule has 5 nitrogen and oxygen atoms in total. The Morgan fingerprint density at radius 3 is 2.88 bits per heavy atom. The Morgan fingerprint density at radius 2 is 2.12 bits per heavy atom. The topological polar surface area (TPSA) is 50.8 Å². The van der Waals surface area contributed by atoms with Gasteiger partial charge in [0.05, 0.1) is 13.2 Å². The van der Waals surface area contributed by atoms with Crippen molar-refractivity contribution in [3.05, 3.63) is 59.4 Å². The van der Waals surface area contributed by atoms with Gasteiger partial charge in [0.1, 0.15) is 24.3 Å². The van der Waals surface area contributed by atoms with Crippen LogP contribution in [0.15, 0.2) is 48.5 Å². The zero-order chi connectivity index (χ0) is 17.6. The smallest absolute Gasteiger partial charge is 0.322 e. The maximum absolute atomic E-state index is 12.9. The van der Waals surface area contributed by atoms with Crippen molar-refractivity contribution in [1.82, 2.24) is 4.90 Å². The van der Waals surface area contributed by atoms with Gasteiger partial charge < -0.3 is 19.7 Å².